The monoisotopic (exact) mass is 386 g/mol. The Morgan fingerprint density at radius 1 is 1.04 bits per heavy atom. The van der Waals surface area contributed by atoms with Gasteiger partial charge in [-0.2, -0.15) is 0 Å². The molecule has 1 rings (SSSR count). The van der Waals surface area contributed by atoms with E-state index in [1.165, 1.54) is 0 Å². The maximum Gasteiger partial charge on any atom is 0.335 e. The molecule has 0 aliphatic carbocycles. The van der Waals surface area contributed by atoms with Crippen LogP contribution >= 0.6 is 0 Å². The highest BCUT2D eigenvalue weighted by Gasteiger charge is 2.50. The second-order valence-electron chi connectivity index (χ2n) is 5.69. The number of carboxylic acids is 1. The minimum Gasteiger partial charge on any atom is -0.479 e. The van der Waals surface area contributed by atoms with E-state index in [1.807, 2.05) is 0 Å². The number of aliphatic carboxylic acids is 1. The van der Waals surface area contributed by atoms with E-state index in [0.717, 1.165) is 0 Å². The predicted molar refractivity (Wildman–Crippen MR) is 76.4 cm³/mol. The summed E-state index contributed by atoms with van der Waals surface area (Å²) >= 11 is 0. The molecule has 1 aliphatic rings. The van der Waals surface area contributed by atoms with Gasteiger partial charge in [-0.3, -0.25) is 0 Å². The predicted octanol–water partition coefficient (Wildman–Crippen LogP) is -6.10. The zero-order chi connectivity index (χ0) is 20.2. The Bertz CT molecular complexity index is 473. The molecule has 1 heterocycles. The number of carbonyl (C=O) groups excluding carboxylic acids is 1. The fourth-order valence-corrected chi connectivity index (χ4v) is 2.28. The normalized spacial score (nSPS) is 35.2. The molecule has 0 amide bonds. The number of hydrogen-bond acceptors (Lipinski definition) is 12. The van der Waals surface area contributed by atoms with Gasteiger partial charge in [0.25, 0.3) is 0 Å². The van der Waals surface area contributed by atoms with E-state index in [2.05, 4.69) is 0 Å². The zero-order valence-corrected chi connectivity index (χ0v) is 13.2. The van der Waals surface area contributed by atoms with Crippen molar-refractivity contribution in [1.82, 2.24) is 0 Å². The Labute approximate surface area is 146 Å². The van der Waals surface area contributed by atoms with Gasteiger partial charge in [-0.1, -0.05) is 0 Å². The third-order valence-corrected chi connectivity index (χ3v) is 3.85. The zero-order valence-electron chi connectivity index (χ0n) is 13.2. The quantitative estimate of drug-likeness (QED) is 0.168. The summed E-state index contributed by atoms with van der Waals surface area (Å²) in [6.07, 6.45) is -20.8. The molecule has 0 aromatic rings. The van der Waals surface area contributed by atoms with Crippen LogP contribution in [0.15, 0.2) is 0 Å². The van der Waals surface area contributed by atoms with Crippen molar-refractivity contribution in [2.75, 3.05) is 6.61 Å². The minimum atomic E-state index is -2.19. The average molecular weight is 386 g/mol. The van der Waals surface area contributed by atoms with Gasteiger partial charge in [-0.25, -0.2) is 4.79 Å². The SMILES string of the molecule is O=CC(O)C(O)C(OC1OC(C(=O)O)C(O)C(O)C1O)C(O)C(O)CO. The molecule has 10 unspecified atom stereocenters. The first kappa shape index (κ1) is 22.8. The van der Waals surface area contributed by atoms with Crippen molar-refractivity contribution >= 4 is 12.3 Å². The summed E-state index contributed by atoms with van der Waals surface area (Å²) in [6.45, 7) is -1.02. The molecule has 9 N–H and O–H groups in total. The standard InChI is InChI=1S/C13H22O13/c14-1-3(16)5(18)10(6(19)4(17)2-15)25-13-9(22)7(20)8(21)11(26-13)12(23)24/h1,3-11,13,15-22H,2H2,(H,23,24). The molecule has 0 aromatic heterocycles. The molecule has 10 atom stereocenters. The van der Waals surface area contributed by atoms with Gasteiger partial charge in [0.1, 0.15) is 48.8 Å². The van der Waals surface area contributed by atoms with E-state index in [1.54, 1.807) is 0 Å². The van der Waals surface area contributed by atoms with E-state index in [4.69, 9.17) is 19.7 Å². The van der Waals surface area contributed by atoms with Crippen molar-refractivity contribution < 1.29 is 65.0 Å². The van der Waals surface area contributed by atoms with Crippen LogP contribution in [0.5, 0.6) is 0 Å². The summed E-state index contributed by atoms with van der Waals surface area (Å²) in [5, 5.41) is 85.6. The molecule has 0 radical (unpaired) electrons. The molecule has 26 heavy (non-hydrogen) atoms. The van der Waals surface area contributed by atoms with Crippen LogP contribution in [0.3, 0.4) is 0 Å². The van der Waals surface area contributed by atoms with Crippen molar-refractivity contribution in [3.8, 4) is 0 Å². The smallest absolute Gasteiger partial charge is 0.335 e. The van der Waals surface area contributed by atoms with Crippen LogP contribution in [0.2, 0.25) is 0 Å². The number of carbonyl (C=O) groups is 2. The van der Waals surface area contributed by atoms with Gasteiger partial charge in [0.2, 0.25) is 0 Å². The first-order valence-electron chi connectivity index (χ1n) is 7.43. The maximum atomic E-state index is 11.0. The minimum absolute atomic E-state index is 0.129. The number of aliphatic hydroxyl groups is 8. The molecule has 0 bridgehead atoms. The molecule has 0 aromatic carbocycles. The Hall–Kier alpha value is -1.26. The van der Waals surface area contributed by atoms with Crippen LogP contribution in [-0.4, -0.2) is 126 Å². The molecular weight excluding hydrogens is 364 g/mol. The number of aliphatic hydroxyl groups excluding tert-OH is 8. The van der Waals surface area contributed by atoms with Crippen molar-refractivity contribution in [2.24, 2.45) is 0 Å². The van der Waals surface area contributed by atoms with E-state index in [0.29, 0.717) is 0 Å². The number of rotatable bonds is 9. The van der Waals surface area contributed by atoms with E-state index in [9.17, 15) is 45.3 Å². The number of ether oxygens (including phenoxy) is 2. The second-order valence-corrected chi connectivity index (χ2v) is 5.69. The van der Waals surface area contributed by atoms with Crippen molar-refractivity contribution in [3.63, 3.8) is 0 Å². The van der Waals surface area contributed by atoms with Gasteiger partial charge < -0.3 is 60.2 Å². The van der Waals surface area contributed by atoms with Crippen LogP contribution in [-0.2, 0) is 19.1 Å². The lowest BCUT2D eigenvalue weighted by Crippen LogP contribution is -2.63. The Morgan fingerprint density at radius 2 is 1.62 bits per heavy atom. The fourth-order valence-electron chi connectivity index (χ4n) is 2.28. The molecule has 1 fully saturated rings. The van der Waals surface area contributed by atoms with Crippen LogP contribution < -0.4 is 0 Å². The summed E-state index contributed by atoms with van der Waals surface area (Å²) in [4.78, 5) is 21.6. The van der Waals surface area contributed by atoms with Crippen molar-refractivity contribution in [1.29, 1.82) is 0 Å². The highest BCUT2D eigenvalue weighted by Crippen LogP contribution is 2.25. The molecule has 1 saturated heterocycles. The van der Waals surface area contributed by atoms with E-state index >= 15 is 0 Å². The number of aldehydes is 1. The Morgan fingerprint density at radius 3 is 2.08 bits per heavy atom. The van der Waals surface area contributed by atoms with Gasteiger partial charge >= 0.3 is 5.97 Å². The first-order chi connectivity index (χ1) is 12.1. The third-order valence-electron chi connectivity index (χ3n) is 3.85. The maximum absolute atomic E-state index is 11.0. The fraction of sp³-hybridized carbons (Fsp3) is 0.846. The number of carboxylic acid groups (broad SMARTS) is 1. The van der Waals surface area contributed by atoms with Gasteiger partial charge in [0.15, 0.2) is 18.7 Å². The largest absolute Gasteiger partial charge is 0.479 e. The lowest BCUT2D eigenvalue weighted by atomic mass is 9.97. The summed E-state index contributed by atoms with van der Waals surface area (Å²) in [5.74, 6) is -1.72. The molecule has 0 saturated carbocycles. The highest BCUT2D eigenvalue weighted by molar-refractivity contribution is 5.73. The summed E-state index contributed by atoms with van der Waals surface area (Å²) in [7, 11) is 0. The van der Waals surface area contributed by atoms with Crippen LogP contribution in [0.1, 0.15) is 0 Å². The highest BCUT2D eigenvalue weighted by atomic mass is 16.7. The third kappa shape index (κ3) is 4.92. The Balaban J connectivity index is 3.07. The first-order valence-corrected chi connectivity index (χ1v) is 7.43. The lowest BCUT2D eigenvalue weighted by Gasteiger charge is -2.41. The molecule has 13 nitrogen and oxygen atoms in total. The Kier molecular flexibility index (Phi) is 8.42. The van der Waals surface area contributed by atoms with Crippen LogP contribution in [0, 0.1) is 0 Å². The molecule has 152 valence electrons. The van der Waals surface area contributed by atoms with Gasteiger partial charge in [0, 0.05) is 0 Å². The van der Waals surface area contributed by atoms with Crippen LogP contribution in [0.25, 0.3) is 0 Å². The van der Waals surface area contributed by atoms with Crippen molar-refractivity contribution in [2.45, 2.75) is 61.2 Å². The number of hydrogen-bond donors (Lipinski definition) is 9. The average Bonchev–Trinajstić information content (AvgIpc) is 2.62. The van der Waals surface area contributed by atoms with Crippen LogP contribution in [0.4, 0.5) is 0 Å². The summed E-state index contributed by atoms with van der Waals surface area (Å²) in [6, 6.07) is 0. The molecule has 13 heteroatoms. The molecular formula is C13H22O13. The van der Waals surface area contributed by atoms with Crippen molar-refractivity contribution in [3.05, 3.63) is 0 Å². The molecule has 1 aliphatic heterocycles. The van der Waals surface area contributed by atoms with E-state index in [-0.39, 0.29) is 6.29 Å². The molecule has 0 spiro atoms. The van der Waals surface area contributed by atoms with E-state index < -0.39 is 73.8 Å². The van der Waals surface area contributed by atoms with Gasteiger partial charge in [0.05, 0.1) is 6.61 Å². The second kappa shape index (κ2) is 9.61. The summed E-state index contributed by atoms with van der Waals surface area (Å²) in [5.41, 5.74) is 0. The summed E-state index contributed by atoms with van der Waals surface area (Å²) < 4.78 is 9.76. The van der Waals surface area contributed by atoms with Gasteiger partial charge in [-0.05, 0) is 0 Å². The topological polar surface area (TPSA) is 235 Å². The lowest BCUT2D eigenvalue weighted by molar-refractivity contribution is -0.322. The van der Waals surface area contributed by atoms with Gasteiger partial charge in [-0.15, -0.1) is 0 Å².